The number of alkyl halides is 3. The van der Waals surface area contributed by atoms with Gasteiger partial charge >= 0.3 is 6.18 Å². The minimum atomic E-state index is -4.38. The van der Waals surface area contributed by atoms with E-state index in [-0.39, 0.29) is 18.9 Å². The van der Waals surface area contributed by atoms with Gasteiger partial charge in [0.1, 0.15) is 6.61 Å². The van der Waals surface area contributed by atoms with E-state index < -0.39 is 18.8 Å². The Hall–Kier alpha value is -2.36. The first-order valence-electron chi connectivity index (χ1n) is 8.84. The van der Waals surface area contributed by atoms with Gasteiger partial charge in [0.15, 0.2) is 5.65 Å². The summed E-state index contributed by atoms with van der Waals surface area (Å²) in [6.45, 7) is 3.86. The van der Waals surface area contributed by atoms with Crippen LogP contribution in [0.1, 0.15) is 30.2 Å². The number of aromatic nitrogens is 3. The minimum Gasteiger partial charge on any atom is -0.479 e. The van der Waals surface area contributed by atoms with Crippen LogP contribution in [0.25, 0.3) is 11.0 Å². The summed E-state index contributed by atoms with van der Waals surface area (Å²) < 4.78 is 47.8. The van der Waals surface area contributed by atoms with Gasteiger partial charge in [-0.2, -0.15) is 13.2 Å². The second-order valence-electron chi connectivity index (χ2n) is 6.73. The van der Waals surface area contributed by atoms with E-state index in [0.29, 0.717) is 17.9 Å². The molecule has 10 heteroatoms. The van der Waals surface area contributed by atoms with E-state index in [0.717, 1.165) is 22.2 Å². The minimum absolute atomic E-state index is 0.182. The molecule has 2 aromatic heterocycles. The number of methoxy groups -OCH3 is 1. The Morgan fingerprint density at radius 1 is 1.32 bits per heavy atom. The summed E-state index contributed by atoms with van der Waals surface area (Å²) in [7, 11) is 3.32. The normalized spacial score (nSPS) is 13.0. The number of ether oxygens (including phenoxy) is 2. The van der Waals surface area contributed by atoms with Crippen molar-refractivity contribution < 1.29 is 27.4 Å². The lowest BCUT2D eigenvalue weighted by atomic mass is 10.00. The molecule has 0 fully saturated rings. The first-order chi connectivity index (χ1) is 13.0. The van der Waals surface area contributed by atoms with Gasteiger partial charge in [-0.25, -0.2) is 9.67 Å². The van der Waals surface area contributed by atoms with Gasteiger partial charge in [-0.3, -0.25) is 4.79 Å². The van der Waals surface area contributed by atoms with Crippen molar-refractivity contribution in [3.63, 3.8) is 0 Å². The van der Waals surface area contributed by atoms with Crippen molar-refractivity contribution >= 4 is 16.9 Å². The Bertz CT molecular complexity index is 849. The average molecular weight is 402 g/mol. The molecule has 0 saturated carbocycles. The first-order valence-corrected chi connectivity index (χ1v) is 8.84. The number of hydrogen-bond acceptors (Lipinski definition) is 5. The molecule has 1 amide bonds. The maximum absolute atomic E-state index is 12.1. The number of rotatable bonds is 8. The Balaban J connectivity index is 2.00. The second kappa shape index (κ2) is 8.76. The van der Waals surface area contributed by atoms with E-state index in [1.54, 1.807) is 18.7 Å². The van der Waals surface area contributed by atoms with Crippen LogP contribution < -0.4 is 10.1 Å². The lowest BCUT2D eigenvalue weighted by molar-refractivity contribution is -0.175. The molecule has 1 unspecified atom stereocenters. The van der Waals surface area contributed by atoms with Crippen molar-refractivity contribution in [2.24, 2.45) is 7.05 Å². The first kappa shape index (κ1) is 21.9. The zero-order valence-electron chi connectivity index (χ0n) is 16.6. The molecule has 2 aromatic rings. The van der Waals surface area contributed by atoms with Crippen LogP contribution >= 0.6 is 0 Å². The van der Waals surface area contributed by atoms with Crippen LogP contribution in [-0.4, -0.2) is 53.2 Å². The largest absolute Gasteiger partial charge is 0.479 e. The quantitative estimate of drug-likeness (QED) is 0.734. The van der Waals surface area contributed by atoms with Gasteiger partial charge in [0.25, 0.3) is 0 Å². The molecule has 0 aromatic carbocycles. The van der Waals surface area contributed by atoms with Crippen molar-refractivity contribution in [1.82, 2.24) is 20.1 Å². The summed E-state index contributed by atoms with van der Waals surface area (Å²) in [5.74, 6) is 0.212. The van der Waals surface area contributed by atoms with Gasteiger partial charge in [-0.05, 0) is 38.3 Å². The Kier molecular flexibility index (Phi) is 6.87. The molecule has 2 rings (SSSR count). The predicted molar refractivity (Wildman–Crippen MR) is 97.3 cm³/mol. The molecule has 2 heterocycles. The van der Waals surface area contributed by atoms with Crippen molar-refractivity contribution in [2.45, 2.75) is 45.8 Å². The zero-order chi connectivity index (χ0) is 21.1. The van der Waals surface area contributed by atoms with Gasteiger partial charge < -0.3 is 14.8 Å². The molecule has 0 aliphatic carbocycles. The standard InChI is InChI=1S/C18H25F3N4O3/c1-10(8-28-9-18(19,20)21)22-14(26)7-6-13-11(2)15-16(23-12(13)3)25(4)24-17(15)27-5/h10H,6-9H2,1-5H3,(H,22,26). The molecule has 0 radical (unpaired) electrons. The van der Waals surface area contributed by atoms with Gasteiger partial charge in [0.2, 0.25) is 11.8 Å². The molecule has 0 bridgehead atoms. The van der Waals surface area contributed by atoms with E-state index in [2.05, 4.69) is 20.1 Å². The van der Waals surface area contributed by atoms with Gasteiger partial charge in [-0.1, -0.05) is 0 Å². The molecule has 0 saturated heterocycles. The molecule has 0 aliphatic heterocycles. The monoisotopic (exact) mass is 402 g/mol. The molecule has 0 aliphatic rings. The Morgan fingerprint density at radius 2 is 2.00 bits per heavy atom. The third kappa shape index (κ3) is 5.34. The fourth-order valence-corrected chi connectivity index (χ4v) is 3.09. The molecular formula is C18H25F3N4O3. The molecule has 28 heavy (non-hydrogen) atoms. The van der Waals surface area contributed by atoms with Gasteiger partial charge in [0.05, 0.1) is 19.1 Å². The summed E-state index contributed by atoms with van der Waals surface area (Å²) in [4.78, 5) is 16.7. The summed E-state index contributed by atoms with van der Waals surface area (Å²) in [5.41, 5.74) is 3.37. The van der Waals surface area contributed by atoms with Crippen LogP contribution in [0.5, 0.6) is 5.88 Å². The second-order valence-corrected chi connectivity index (χ2v) is 6.73. The number of carbonyl (C=O) groups excluding carboxylic acids is 1. The van der Waals surface area contributed by atoms with Crippen molar-refractivity contribution in [1.29, 1.82) is 0 Å². The highest BCUT2D eigenvalue weighted by atomic mass is 19.4. The smallest absolute Gasteiger partial charge is 0.411 e. The van der Waals surface area contributed by atoms with Gasteiger partial charge in [0, 0.05) is 25.2 Å². The maximum Gasteiger partial charge on any atom is 0.411 e. The fourth-order valence-electron chi connectivity index (χ4n) is 3.09. The van der Waals surface area contributed by atoms with E-state index in [9.17, 15) is 18.0 Å². The average Bonchev–Trinajstić information content (AvgIpc) is 2.89. The third-order valence-corrected chi connectivity index (χ3v) is 4.36. The summed E-state index contributed by atoms with van der Waals surface area (Å²) in [6, 6.07) is -0.518. The van der Waals surface area contributed by atoms with Gasteiger partial charge in [-0.15, -0.1) is 5.10 Å². The fraction of sp³-hybridized carbons (Fsp3) is 0.611. The molecule has 7 nitrogen and oxygen atoms in total. The number of aryl methyl sites for hydroxylation is 3. The molecule has 0 spiro atoms. The van der Waals surface area contributed by atoms with Crippen LogP contribution in [0.15, 0.2) is 0 Å². The maximum atomic E-state index is 12.1. The van der Waals surface area contributed by atoms with Crippen LogP contribution in [0.4, 0.5) is 13.2 Å². The van der Waals surface area contributed by atoms with Crippen molar-refractivity contribution in [3.05, 3.63) is 16.8 Å². The number of nitrogens with one attached hydrogen (secondary N) is 1. The number of carbonyl (C=O) groups is 1. The summed E-state index contributed by atoms with van der Waals surface area (Å²) in [6.07, 6.45) is -3.75. The number of fused-ring (bicyclic) bond motifs is 1. The van der Waals surface area contributed by atoms with Crippen LogP contribution in [0.3, 0.4) is 0 Å². The third-order valence-electron chi connectivity index (χ3n) is 4.36. The Labute approximate surface area is 161 Å². The zero-order valence-corrected chi connectivity index (χ0v) is 16.6. The summed E-state index contributed by atoms with van der Waals surface area (Å²) >= 11 is 0. The van der Waals surface area contributed by atoms with E-state index in [1.165, 1.54) is 7.11 Å². The topological polar surface area (TPSA) is 78.3 Å². The number of amides is 1. The van der Waals surface area contributed by atoms with Crippen molar-refractivity contribution in [2.75, 3.05) is 20.3 Å². The SMILES string of the molecule is COc1nn(C)c2nc(C)c(CCC(=O)NC(C)COCC(F)(F)F)c(C)c12. The lowest BCUT2D eigenvalue weighted by Gasteiger charge is -2.16. The highest BCUT2D eigenvalue weighted by Crippen LogP contribution is 2.30. The van der Waals surface area contributed by atoms with Crippen molar-refractivity contribution in [3.8, 4) is 5.88 Å². The summed E-state index contributed by atoms with van der Waals surface area (Å²) in [5, 5.41) is 7.74. The molecule has 1 atom stereocenters. The molecular weight excluding hydrogens is 377 g/mol. The van der Waals surface area contributed by atoms with Crippen LogP contribution in [-0.2, 0) is 23.0 Å². The number of nitrogens with zero attached hydrogens (tertiary/aromatic N) is 3. The number of halogens is 3. The Morgan fingerprint density at radius 3 is 2.61 bits per heavy atom. The van der Waals surface area contributed by atoms with Crippen LogP contribution in [0, 0.1) is 13.8 Å². The molecule has 1 N–H and O–H groups in total. The van der Waals surface area contributed by atoms with E-state index in [4.69, 9.17) is 4.74 Å². The highest BCUT2D eigenvalue weighted by Gasteiger charge is 2.27. The lowest BCUT2D eigenvalue weighted by Crippen LogP contribution is -2.37. The van der Waals surface area contributed by atoms with E-state index >= 15 is 0 Å². The number of hydrogen-bond donors (Lipinski definition) is 1. The predicted octanol–water partition coefficient (Wildman–Crippen LogP) is 2.61. The molecule has 156 valence electrons. The highest BCUT2D eigenvalue weighted by molar-refractivity contribution is 5.86. The van der Waals surface area contributed by atoms with Crippen LogP contribution in [0.2, 0.25) is 0 Å². The van der Waals surface area contributed by atoms with E-state index in [1.807, 2.05) is 13.8 Å². The number of pyridine rings is 1.